The molecular formula is C30H29N3O. The number of hydrogen-bond acceptors (Lipinski definition) is 4. The van der Waals surface area contributed by atoms with E-state index >= 15 is 0 Å². The molecule has 1 saturated carbocycles. The summed E-state index contributed by atoms with van der Waals surface area (Å²) in [6.07, 6.45) is 12.4. The molecule has 0 radical (unpaired) electrons. The normalized spacial score (nSPS) is 15.7. The van der Waals surface area contributed by atoms with Crippen LogP contribution < -0.4 is 0 Å². The van der Waals surface area contributed by atoms with Crippen LogP contribution in [0.15, 0.2) is 71.5 Å². The molecule has 0 amide bonds. The second-order valence-electron chi connectivity index (χ2n) is 9.68. The number of pyridine rings is 3. The van der Waals surface area contributed by atoms with Crippen LogP contribution in [0.4, 0.5) is 0 Å². The lowest BCUT2D eigenvalue weighted by Crippen LogP contribution is -2.14. The Morgan fingerprint density at radius 1 is 0.941 bits per heavy atom. The van der Waals surface area contributed by atoms with E-state index in [0.29, 0.717) is 11.6 Å². The lowest BCUT2D eigenvalue weighted by Gasteiger charge is -2.28. The number of furan rings is 1. The minimum Gasteiger partial charge on any atom is -0.437 e. The fraction of sp³-hybridized carbons (Fsp3) is 0.300. The van der Waals surface area contributed by atoms with Gasteiger partial charge in [0.25, 0.3) is 0 Å². The van der Waals surface area contributed by atoms with Crippen molar-refractivity contribution in [2.75, 3.05) is 0 Å². The molecule has 0 aliphatic heterocycles. The zero-order valence-corrected chi connectivity index (χ0v) is 19.8. The van der Waals surface area contributed by atoms with Crippen molar-refractivity contribution in [3.63, 3.8) is 0 Å². The summed E-state index contributed by atoms with van der Waals surface area (Å²) in [6.45, 7) is 4.38. The fourth-order valence-electron chi connectivity index (χ4n) is 5.62. The number of aryl methyl sites for hydroxylation is 1. The maximum absolute atomic E-state index is 6.41. The summed E-state index contributed by atoms with van der Waals surface area (Å²) in [5.41, 5.74) is 7.83. The number of aromatic nitrogens is 3. The smallest absolute Gasteiger partial charge is 0.228 e. The number of hydrogen-bond donors (Lipinski definition) is 0. The number of benzene rings is 1. The van der Waals surface area contributed by atoms with E-state index in [9.17, 15) is 0 Å². The van der Waals surface area contributed by atoms with Gasteiger partial charge in [-0.2, -0.15) is 0 Å². The molecule has 6 rings (SSSR count). The highest BCUT2D eigenvalue weighted by molar-refractivity contribution is 6.13. The lowest BCUT2D eigenvalue weighted by molar-refractivity contribution is 0.316. The van der Waals surface area contributed by atoms with Crippen LogP contribution in [-0.4, -0.2) is 15.0 Å². The van der Waals surface area contributed by atoms with Crippen LogP contribution in [0, 0.1) is 12.8 Å². The maximum atomic E-state index is 6.41. The van der Waals surface area contributed by atoms with Gasteiger partial charge < -0.3 is 4.42 Å². The van der Waals surface area contributed by atoms with Crippen LogP contribution in [0.1, 0.15) is 56.2 Å². The molecule has 0 N–H and O–H groups in total. The van der Waals surface area contributed by atoms with Crippen molar-refractivity contribution in [1.29, 1.82) is 0 Å². The molecule has 170 valence electrons. The van der Waals surface area contributed by atoms with Gasteiger partial charge in [0.15, 0.2) is 0 Å². The van der Waals surface area contributed by atoms with Gasteiger partial charge in [-0.15, -0.1) is 0 Å². The van der Waals surface area contributed by atoms with E-state index in [4.69, 9.17) is 14.4 Å². The van der Waals surface area contributed by atoms with Gasteiger partial charge in [0.05, 0.1) is 16.6 Å². The highest BCUT2D eigenvalue weighted by Gasteiger charge is 2.23. The molecule has 4 nitrogen and oxygen atoms in total. The summed E-state index contributed by atoms with van der Waals surface area (Å²) in [5, 5.41) is 1.99. The predicted molar refractivity (Wildman–Crippen MR) is 138 cm³/mol. The van der Waals surface area contributed by atoms with Crippen LogP contribution in [0.25, 0.3) is 44.5 Å². The Labute approximate surface area is 200 Å². The quantitative estimate of drug-likeness (QED) is 0.279. The molecule has 5 aromatic rings. The summed E-state index contributed by atoms with van der Waals surface area (Å²) < 4.78 is 6.41. The molecule has 4 aromatic heterocycles. The van der Waals surface area contributed by atoms with Crippen molar-refractivity contribution in [3.05, 3.63) is 78.4 Å². The monoisotopic (exact) mass is 447 g/mol. The standard InChI is InChI=1S/C30H29N3O/c1-19-15-24(22-11-7-4-8-12-22)28-26-18-31-17-25(29(26)34-30(28)33-19)27-16-23(13-14-32-27)20(2)21-9-5-3-6-10-21/h4,7-8,11-18,20-21H,3,5-6,9-10H2,1-2H3. The zero-order chi connectivity index (χ0) is 23.1. The highest BCUT2D eigenvalue weighted by Crippen LogP contribution is 2.40. The molecule has 1 aliphatic rings. The summed E-state index contributed by atoms with van der Waals surface area (Å²) in [6, 6.07) is 17.0. The van der Waals surface area contributed by atoms with Crippen molar-refractivity contribution in [1.82, 2.24) is 15.0 Å². The second kappa shape index (κ2) is 8.68. The summed E-state index contributed by atoms with van der Waals surface area (Å²) in [4.78, 5) is 14.1. The molecule has 0 saturated heterocycles. The van der Waals surface area contributed by atoms with Crippen molar-refractivity contribution in [3.8, 4) is 22.4 Å². The van der Waals surface area contributed by atoms with Crippen molar-refractivity contribution < 1.29 is 4.42 Å². The number of rotatable bonds is 4. The van der Waals surface area contributed by atoms with Gasteiger partial charge in [0.1, 0.15) is 5.58 Å². The Kier molecular flexibility index (Phi) is 5.37. The van der Waals surface area contributed by atoms with Crippen LogP contribution in [0.5, 0.6) is 0 Å². The van der Waals surface area contributed by atoms with Gasteiger partial charge >= 0.3 is 0 Å². The molecule has 1 unspecified atom stereocenters. The Balaban J connectivity index is 1.50. The summed E-state index contributed by atoms with van der Waals surface area (Å²) in [5.74, 6) is 1.28. The molecule has 34 heavy (non-hydrogen) atoms. The van der Waals surface area contributed by atoms with E-state index in [0.717, 1.165) is 50.4 Å². The fourth-order valence-corrected chi connectivity index (χ4v) is 5.62. The molecule has 1 aliphatic carbocycles. The highest BCUT2D eigenvalue weighted by atomic mass is 16.3. The summed E-state index contributed by atoms with van der Waals surface area (Å²) in [7, 11) is 0. The molecule has 4 heterocycles. The topological polar surface area (TPSA) is 51.8 Å². The maximum Gasteiger partial charge on any atom is 0.228 e. The van der Waals surface area contributed by atoms with Crippen molar-refractivity contribution >= 4 is 22.1 Å². The lowest BCUT2D eigenvalue weighted by atomic mass is 9.78. The van der Waals surface area contributed by atoms with Crippen LogP contribution in [-0.2, 0) is 0 Å². The Morgan fingerprint density at radius 3 is 2.59 bits per heavy atom. The minimum atomic E-state index is 0.527. The first-order valence-corrected chi connectivity index (χ1v) is 12.4. The van der Waals surface area contributed by atoms with E-state index in [1.807, 2.05) is 31.6 Å². The van der Waals surface area contributed by atoms with Crippen LogP contribution >= 0.6 is 0 Å². The molecule has 1 fully saturated rings. The van der Waals surface area contributed by atoms with E-state index in [1.165, 1.54) is 37.7 Å². The predicted octanol–water partition coefficient (Wildman–Crippen LogP) is 8.10. The van der Waals surface area contributed by atoms with Crippen LogP contribution in [0.3, 0.4) is 0 Å². The Morgan fingerprint density at radius 2 is 1.76 bits per heavy atom. The summed E-state index contributed by atoms with van der Waals surface area (Å²) >= 11 is 0. The largest absolute Gasteiger partial charge is 0.437 e. The SMILES string of the molecule is Cc1cc(-c2ccccc2)c2c(n1)oc1c(-c3cc(C(C)C4CCCCC4)ccn3)cncc12. The minimum absolute atomic E-state index is 0.527. The van der Waals surface area contributed by atoms with E-state index in [1.54, 1.807) is 0 Å². The van der Waals surface area contributed by atoms with Gasteiger partial charge in [0, 0.05) is 29.7 Å². The van der Waals surface area contributed by atoms with Crippen molar-refractivity contribution in [2.24, 2.45) is 5.92 Å². The number of fused-ring (bicyclic) bond motifs is 3. The third kappa shape index (κ3) is 3.67. The van der Waals surface area contributed by atoms with Gasteiger partial charge in [-0.25, -0.2) is 4.98 Å². The number of nitrogens with zero attached hydrogens (tertiary/aromatic N) is 3. The first kappa shape index (κ1) is 21.0. The Bertz CT molecular complexity index is 1470. The first-order valence-electron chi connectivity index (χ1n) is 12.4. The van der Waals surface area contributed by atoms with Gasteiger partial charge in [-0.05, 0) is 66.5 Å². The molecule has 1 atom stereocenters. The molecule has 0 bridgehead atoms. The molecule has 1 aromatic carbocycles. The third-order valence-electron chi connectivity index (χ3n) is 7.51. The van der Waals surface area contributed by atoms with E-state index in [2.05, 4.69) is 54.4 Å². The third-order valence-corrected chi connectivity index (χ3v) is 7.51. The molecule has 4 heteroatoms. The van der Waals surface area contributed by atoms with E-state index in [-0.39, 0.29) is 0 Å². The van der Waals surface area contributed by atoms with Crippen LogP contribution in [0.2, 0.25) is 0 Å². The van der Waals surface area contributed by atoms with Gasteiger partial charge in [-0.3, -0.25) is 9.97 Å². The molecule has 0 spiro atoms. The first-order chi connectivity index (χ1) is 16.7. The second-order valence-corrected chi connectivity index (χ2v) is 9.68. The zero-order valence-electron chi connectivity index (χ0n) is 19.8. The average molecular weight is 448 g/mol. The van der Waals surface area contributed by atoms with Gasteiger partial charge in [0.2, 0.25) is 5.71 Å². The molecular weight excluding hydrogens is 418 g/mol. The van der Waals surface area contributed by atoms with E-state index < -0.39 is 0 Å². The Hall–Kier alpha value is -3.53. The van der Waals surface area contributed by atoms with Crippen molar-refractivity contribution in [2.45, 2.75) is 51.9 Å². The van der Waals surface area contributed by atoms with Gasteiger partial charge in [-0.1, -0.05) is 56.5 Å². The average Bonchev–Trinajstić information content (AvgIpc) is 3.27.